The molecule has 4 nitrogen and oxygen atoms in total. The van der Waals surface area contributed by atoms with Gasteiger partial charge in [-0.15, -0.1) is 0 Å². The van der Waals surface area contributed by atoms with Gasteiger partial charge in [-0.25, -0.2) is 4.79 Å². The summed E-state index contributed by atoms with van der Waals surface area (Å²) in [7, 11) is 1.23. The van der Waals surface area contributed by atoms with Crippen molar-refractivity contribution in [2.45, 2.75) is 0 Å². The average molecular weight is 142 g/mol. The van der Waals surface area contributed by atoms with Crippen molar-refractivity contribution in [2.24, 2.45) is 0 Å². The molecular weight excluding hydrogens is 136 g/mol. The van der Waals surface area contributed by atoms with Crippen LogP contribution < -0.4 is 0 Å². The van der Waals surface area contributed by atoms with Gasteiger partial charge in [0.05, 0.1) is 13.4 Å². The van der Waals surface area contributed by atoms with Gasteiger partial charge in [0.25, 0.3) is 5.95 Å². The standard InChI is InChI=1S/C6H6O4/c1-9-5(7)4-2-3-10-6(4)8/h2-3,8H,1H3. The smallest absolute Gasteiger partial charge is 0.345 e. The Balaban J connectivity index is 2.93. The minimum atomic E-state index is -0.605. The van der Waals surface area contributed by atoms with Gasteiger partial charge in [0.2, 0.25) is 0 Å². The topological polar surface area (TPSA) is 59.7 Å². The largest absolute Gasteiger partial charge is 0.480 e. The molecule has 1 heterocycles. The molecule has 0 saturated carbocycles. The third-order valence-corrected chi connectivity index (χ3v) is 1.05. The van der Waals surface area contributed by atoms with Crippen LogP contribution in [0.4, 0.5) is 0 Å². The molecule has 0 aromatic carbocycles. The fourth-order valence-corrected chi connectivity index (χ4v) is 0.567. The van der Waals surface area contributed by atoms with Gasteiger partial charge in [0.15, 0.2) is 0 Å². The normalized spacial score (nSPS) is 9.30. The molecule has 1 aromatic rings. The van der Waals surface area contributed by atoms with Crippen LogP contribution >= 0.6 is 0 Å². The maximum atomic E-state index is 10.7. The molecule has 1 aromatic heterocycles. The number of hydrogen-bond donors (Lipinski definition) is 1. The van der Waals surface area contributed by atoms with Crippen LogP contribution in [0.15, 0.2) is 16.7 Å². The number of methoxy groups -OCH3 is 1. The molecule has 0 atom stereocenters. The predicted molar refractivity (Wildman–Crippen MR) is 31.7 cm³/mol. The highest BCUT2D eigenvalue weighted by Crippen LogP contribution is 2.17. The lowest BCUT2D eigenvalue weighted by Crippen LogP contribution is -1.98. The van der Waals surface area contributed by atoms with E-state index in [0.29, 0.717) is 0 Å². The summed E-state index contributed by atoms with van der Waals surface area (Å²) in [5, 5.41) is 8.78. The van der Waals surface area contributed by atoms with Gasteiger partial charge in [-0.05, 0) is 6.07 Å². The molecule has 0 radical (unpaired) electrons. The summed E-state index contributed by atoms with van der Waals surface area (Å²) in [5.74, 6) is -1.02. The van der Waals surface area contributed by atoms with Crippen LogP contribution in [-0.4, -0.2) is 18.2 Å². The van der Waals surface area contributed by atoms with Gasteiger partial charge in [-0.3, -0.25) is 0 Å². The van der Waals surface area contributed by atoms with Crippen molar-refractivity contribution in [3.63, 3.8) is 0 Å². The lowest BCUT2D eigenvalue weighted by atomic mass is 10.3. The monoisotopic (exact) mass is 142 g/mol. The van der Waals surface area contributed by atoms with E-state index in [1.54, 1.807) is 0 Å². The van der Waals surface area contributed by atoms with Gasteiger partial charge in [-0.2, -0.15) is 0 Å². The zero-order valence-corrected chi connectivity index (χ0v) is 5.33. The highest BCUT2D eigenvalue weighted by atomic mass is 16.5. The van der Waals surface area contributed by atoms with Crippen LogP contribution in [0, 0.1) is 0 Å². The Hall–Kier alpha value is -1.45. The first-order valence-corrected chi connectivity index (χ1v) is 2.60. The summed E-state index contributed by atoms with van der Waals surface area (Å²) in [6.07, 6.45) is 1.21. The third-order valence-electron chi connectivity index (χ3n) is 1.05. The Bertz CT molecular complexity index is 238. The number of carbonyl (C=O) groups excluding carboxylic acids is 1. The summed E-state index contributed by atoms with van der Waals surface area (Å²) >= 11 is 0. The van der Waals surface area contributed by atoms with Crippen molar-refractivity contribution in [1.82, 2.24) is 0 Å². The second kappa shape index (κ2) is 2.43. The summed E-state index contributed by atoms with van der Waals surface area (Å²) in [4.78, 5) is 10.7. The summed E-state index contributed by atoms with van der Waals surface area (Å²) < 4.78 is 8.76. The lowest BCUT2D eigenvalue weighted by molar-refractivity contribution is 0.0595. The SMILES string of the molecule is COC(=O)c1ccoc1O. The minimum Gasteiger partial charge on any atom is -0.480 e. The van der Waals surface area contributed by atoms with Crippen molar-refractivity contribution >= 4 is 5.97 Å². The highest BCUT2D eigenvalue weighted by molar-refractivity contribution is 5.91. The molecule has 0 aliphatic carbocycles. The Morgan fingerprint density at radius 1 is 1.80 bits per heavy atom. The second-order valence-corrected chi connectivity index (χ2v) is 1.63. The van der Waals surface area contributed by atoms with Crippen molar-refractivity contribution in [1.29, 1.82) is 0 Å². The quantitative estimate of drug-likeness (QED) is 0.588. The summed E-state index contributed by atoms with van der Waals surface area (Å²) in [6, 6.07) is 1.33. The molecule has 0 fully saturated rings. The van der Waals surface area contributed by atoms with E-state index in [2.05, 4.69) is 9.15 Å². The average Bonchev–Trinajstić information content (AvgIpc) is 2.34. The molecule has 0 aliphatic rings. The first kappa shape index (κ1) is 6.67. The van der Waals surface area contributed by atoms with E-state index >= 15 is 0 Å². The van der Waals surface area contributed by atoms with E-state index in [1.165, 1.54) is 19.4 Å². The Morgan fingerprint density at radius 2 is 2.50 bits per heavy atom. The molecule has 0 aliphatic heterocycles. The molecule has 0 saturated heterocycles. The van der Waals surface area contributed by atoms with Crippen molar-refractivity contribution in [2.75, 3.05) is 7.11 Å². The molecule has 4 heteroatoms. The zero-order valence-electron chi connectivity index (χ0n) is 5.33. The van der Waals surface area contributed by atoms with Crippen molar-refractivity contribution in [3.05, 3.63) is 17.9 Å². The second-order valence-electron chi connectivity index (χ2n) is 1.63. The number of hydrogen-bond acceptors (Lipinski definition) is 4. The first-order valence-electron chi connectivity index (χ1n) is 2.60. The third kappa shape index (κ3) is 0.953. The molecule has 0 unspecified atom stereocenters. The van der Waals surface area contributed by atoms with E-state index < -0.39 is 11.9 Å². The molecule has 1 rings (SSSR count). The van der Waals surface area contributed by atoms with Crippen LogP contribution in [0.3, 0.4) is 0 Å². The number of furan rings is 1. The highest BCUT2D eigenvalue weighted by Gasteiger charge is 2.12. The lowest BCUT2D eigenvalue weighted by Gasteiger charge is -1.92. The van der Waals surface area contributed by atoms with Crippen LogP contribution in [0.1, 0.15) is 10.4 Å². The summed E-state index contributed by atoms with van der Waals surface area (Å²) in [6.45, 7) is 0. The Labute approximate surface area is 57.0 Å². The number of ether oxygens (including phenoxy) is 1. The molecule has 0 amide bonds. The van der Waals surface area contributed by atoms with E-state index in [-0.39, 0.29) is 5.56 Å². The molecule has 1 N–H and O–H groups in total. The molecule has 0 bridgehead atoms. The number of aromatic hydroxyl groups is 1. The van der Waals surface area contributed by atoms with Gasteiger partial charge in [0, 0.05) is 0 Å². The minimum absolute atomic E-state index is 0.0440. The zero-order chi connectivity index (χ0) is 7.56. The van der Waals surface area contributed by atoms with Crippen molar-refractivity contribution < 1.29 is 19.1 Å². The number of carbonyl (C=O) groups is 1. The number of rotatable bonds is 1. The maximum Gasteiger partial charge on any atom is 0.345 e. The first-order chi connectivity index (χ1) is 4.75. The molecule has 54 valence electrons. The van der Waals surface area contributed by atoms with Crippen LogP contribution in [-0.2, 0) is 4.74 Å². The van der Waals surface area contributed by atoms with Crippen LogP contribution in [0.25, 0.3) is 0 Å². The van der Waals surface area contributed by atoms with Crippen LogP contribution in [0.2, 0.25) is 0 Å². The fraction of sp³-hybridized carbons (Fsp3) is 0.167. The van der Waals surface area contributed by atoms with E-state index in [0.717, 1.165) is 0 Å². The Morgan fingerprint density at radius 3 is 2.90 bits per heavy atom. The predicted octanol–water partition coefficient (Wildman–Crippen LogP) is 0.772. The fourth-order valence-electron chi connectivity index (χ4n) is 0.567. The van der Waals surface area contributed by atoms with Crippen LogP contribution in [0.5, 0.6) is 5.95 Å². The van der Waals surface area contributed by atoms with E-state index in [1.807, 2.05) is 0 Å². The number of esters is 1. The molecular formula is C6H6O4. The molecule has 10 heavy (non-hydrogen) atoms. The van der Waals surface area contributed by atoms with Gasteiger partial charge < -0.3 is 14.3 Å². The van der Waals surface area contributed by atoms with E-state index in [4.69, 9.17) is 5.11 Å². The van der Waals surface area contributed by atoms with E-state index in [9.17, 15) is 4.79 Å². The molecule has 0 spiro atoms. The van der Waals surface area contributed by atoms with Gasteiger partial charge in [0.1, 0.15) is 5.56 Å². The van der Waals surface area contributed by atoms with Gasteiger partial charge in [-0.1, -0.05) is 0 Å². The maximum absolute atomic E-state index is 10.7. The summed E-state index contributed by atoms with van der Waals surface area (Å²) in [5.41, 5.74) is 0.0440. The Kier molecular flexibility index (Phi) is 1.62. The van der Waals surface area contributed by atoms with Gasteiger partial charge >= 0.3 is 5.97 Å². The van der Waals surface area contributed by atoms with Crippen molar-refractivity contribution in [3.8, 4) is 5.95 Å².